The molecule has 2 aromatic rings. The number of carbonyl (C=O) groups excluding carboxylic acids is 1. The van der Waals surface area contributed by atoms with Gasteiger partial charge < -0.3 is 25.0 Å². The zero-order valence-electron chi connectivity index (χ0n) is 18.6. The Morgan fingerprint density at radius 2 is 1.84 bits per heavy atom. The SMILES string of the molecule is CCNC(=NCCNC(=O)c1ccccc1Cl)N(C)CCc1ccc(OC)c(OC)c1. The molecule has 168 valence electrons. The van der Waals surface area contributed by atoms with Crippen LogP contribution in [0.2, 0.25) is 5.02 Å². The second kappa shape index (κ2) is 12.7. The van der Waals surface area contributed by atoms with E-state index in [0.29, 0.717) is 29.4 Å². The lowest BCUT2D eigenvalue weighted by Crippen LogP contribution is -2.40. The molecule has 1 amide bonds. The van der Waals surface area contributed by atoms with Gasteiger partial charge in [0.2, 0.25) is 0 Å². The van der Waals surface area contributed by atoms with Crippen LogP contribution >= 0.6 is 11.6 Å². The van der Waals surface area contributed by atoms with Gasteiger partial charge in [0.1, 0.15) is 0 Å². The van der Waals surface area contributed by atoms with Gasteiger partial charge >= 0.3 is 0 Å². The Morgan fingerprint density at radius 1 is 1.10 bits per heavy atom. The van der Waals surface area contributed by atoms with E-state index in [0.717, 1.165) is 36.8 Å². The predicted octanol–water partition coefficient (Wildman–Crippen LogP) is 3.23. The number of amides is 1. The minimum Gasteiger partial charge on any atom is -0.493 e. The van der Waals surface area contributed by atoms with Crippen molar-refractivity contribution < 1.29 is 14.3 Å². The molecular weight excluding hydrogens is 416 g/mol. The zero-order chi connectivity index (χ0) is 22.6. The molecule has 2 aromatic carbocycles. The van der Waals surface area contributed by atoms with Crippen molar-refractivity contribution in [3.8, 4) is 11.5 Å². The molecule has 0 aliphatic rings. The lowest BCUT2D eigenvalue weighted by atomic mass is 10.1. The van der Waals surface area contributed by atoms with Crippen molar-refractivity contribution in [3.63, 3.8) is 0 Å². The lowest BCUT2D eigenvalue weighted by molar-refractivity contribution is 0.0955. The highest BCUT2D eigenvalue weighted by Crippen LogP contribution is 2.27. The number of nitrogens with one attached hydrogen (secondary N) is 2. The molecule has 0 aromatic heterocycles. The number of aliphatic imine (C=N–C) groups is 1. The molecule has 0 heterocycles. The summed E-state index contributed by atoms with van der Waals surface area (Å²) >= 11 is 6.07. The van der Waals surface area contributed by atoms with Crippen molar-refractivity contribution in [2.45, 2.75) is 13.3 Å². The summed E-state index contributed by atoms with van der Waals surface area (Å²) in [7, 11) is 5.25. The number of guanidine groups is 1. The van der Waals surface area contributed by atoms with Gasteiger partial charge in [-0.2, -0.15) is 0 Å². The summed E-state index contributed by atoms with van der Waals surface area (Å²) in [6, 6.07) is 12.9. The molecule has 7 nitrogen and oxygen atoms in total. The first-order valence-electron chi connectivity index (χ1n) is 10.2. The third-order valence-corrected chi connectivity index (χ3v) is 4.99. The standard InChI is InChI=1S/C23H31ClN4O3/c1-5-25-23(27-14-13-26-22(29)18-8-6-7-9-19(18)24)28(2)15-12-17-10-11-20(30-3)21(16-17)31-4/h6-11,16H,5,12-15H2,1-4H3,(H,25,27)(H,26,29). The maximum absolute atomic E-state index is 12.2. The van der Waals surface area contributed by atoms with E-state index in [2.05, 4.69) is 20.5 Å². The molecule has 0 saturated carbocycles. The van der Waals surface area contributed by atoms with E-state index in [4.69, 9.17) is 21.1 Å². The quantitative estimate of drug-likeness (QED) is 0.333. The highest BCUT2D eigenvalue weighted by atomic mass is 35.5. The van der Waals surface area contributed by atoms with Gasteiger partial charge in [-0.05, 0) is 43.2 Å². The molecule has 0 unspecified atom stereocenters. The number of hydrogen-bond acceptors (Lipinski definition) is 4. The molecule has 0 spiro atoms. The van der Waals surface area contributed by atoms with Crippen LogP contribution in [0.3, 0.4) is 0 Å². The Bertz CT molecular complexity index is 889. The maximum atomic E-state index is 12.2. The van der Waals surface area contributed by atoms with Gasteiger partial charge in [0.25, 0.3) is 5.91 Å². The Morgan fingerprint density at radius 3 is 2.52 bits per heavy atom. The van der Waals surface area contributed by atoms with Gasteiger partial charge in [-0.3, -0.25) is 9.79 Å². The van der Waals surface area contributed by atoms with Gasteiger partial charge in [0, 0.05) is 26.7 Å². The predicted molar refractivity (Wildman–Crippen MR) is 126 cm³/mol. The van der Waals surface area contributed by atoms with Crippen LogP contribution in [-0.2, 0) is 6.42 Å². The van der Waals surface area contributed by atoms with Crippen LogP contribution in [0.4, 0.5) is 0 Å². The Kier molecular flexibility index (Phi) is 9.97. The number of ether oxygens (including phenoxy) is 2. The van der Waals surface area contributed by atoms with Crippen molar-refractivity contribution in [2.75, 3.05) is 47.4 Å². The summed E-state index contributed by atoms with van der Waals surface area (Å²) in [4.78, 5) is 18.9. The van der Waals surface area contributed by atoms with Gasteiger partial charge in [-0.25, -0.2) is 0 Å². The number of likely N-dealkylation sites (N-methyl/N-ethyl adjacent to an activating group) is 1. The van der Waals surface area contributed by atoms with Crippen LogP contribution in [0.1, 0.15) is 22.8 Å². The number of halogens is 1. The molecule has 8 heteroatoms. The molecule has 0 bridgehead atoms. The van der Waals surface area contributed by atoms with Crippen molar-refractivity contribution in [1.29, 1.82) is 0 Å². The highest BCUT2D eigenvalue weighted by Gasteiger charge is 2.10. The summed E-state index contributed by atoms with van der Waals surface area (Å²) < 4.78 is 10.7. The fraction of sp³-hybridized carbons (Fsp3) is 0.391. The average Bonchev–Trinajstić information content (AvgIpc) is 2.79. The van der Waals surface area contributed by atoms with Crippen molar-refractivity contribution >= 4 is 23.5 Å². The largest absolute Gasteiger partial charge is 0.493 e. The molecule has 2 N–H and O–H groups in total. The number of nitrogens with zero attached hydrogens (tertiary/aromatic N) is 2. The first-order chi connectivity index (χ1) is 15.0. The fourth-order valence-corrected chi connectivity index (χ4v) is 3.20. The van der Waals surface area contributed by atoms with Crippen LogP contribution in [0, 0.1) is 0 Å². The number of rotatable bonds is 10. The van der Waals surface area contributed by atoms with Crippen molar-refractivity contribution in [1.82, 2.24) is 15.5 Å². The average molecular weight is 447 g/mol. The Balaban J connectivity index is 1.89. The number of carbonyl (C=O) groups is 1. The molecule has 0 radical (unpaired) electrons. The fourth-order valence-electron chi connectivity index (χ4n) is 2.98. The van der Waals surface area contributed by atoms with Gasteiger partial charge in [-0.15, -0.1) is 0 Å². The van der Waals surface area contributed by atoms with E-state index in [-0.39, 0.29) is 5.91 Å². The minimum absolute atomic E-state index is 0.201. The summed E-state index contributed by atoms with van der Waals surface area (Å²) in [6.45, 7) is 4.43. The first kappa shape index (κ1) is 24.3. The summed E-state index contributed by atoms with van der Waals surface area (Å²) in [5.74, 6) is 2.02. The molecule has 0 fully saturated rings. The summed E-state index contributed by atoms with van der Waals surface area (Å²) in [5, 5.41) is 6.58. The van der Waals surface area contributed by atoms with E-state index >= 15 is 0 Å². The van der Waals surface area contributed by atoms with Crippen LogP contribution < -0.4 is 20.1 Å². The second-order valence-corrected chi connectivity index (χ2v) is 7.24. The van der Waals surface area contributed by atoms with E-state index < -0.39 is 0 Å². The highest BCUT2D eigenvalue weighted by molar-refractivity contribution is 6.33. The first-order valence-corrected chi connectivity index (χ1v) is 10.6. The molecule has 0 saturated heterocycles. The number of hydrogen-bond donors (Lipinski definition) is 2. The Hall–Kier alpha value is -2.93. The van der Waals surface area contributed by atoms with E-state index in [1.165, 1.54) is 0 Å². The van der Waals surface area contributed by atoms with Gasteiger partial charge in [0.15, 0.2) is 17.5 Å². The molecule has 0 aliphatic heterocycles. The normalized spacial score (nSPS) is 11.1. The van der Waals surface area contributed by atoms with Crippen LogP contribution in [0.25, 0.3) is 0 Å². The van der Waals surface area contributed by atoms with Crippen LogP contribution in [0.5, 0.6) is 11.5 Å². The number of benzene rings is 2. The van der Waals surface area contributed by atoms with Gasteiger partial charge in [-0.1, -0.05) is 29.8 Å². The second-order valence-electron chi connectivity index (χ2n) is 6.83. The molecule has 2 rings (SSSR count). The topological polar surface area (TPSA) is 75.2 Å². The van der Waals surface area contributed by atoms with Crippen LogP contribution in [-0.4, -0.2) is 64.2 Å². The van der Waals surface area contributed by atoms with Gasteiger partial charge in [0.05, 0.1) is 31.4 Å². The van der Waals surface area contributed by atoms with Crippen LogP contribution in [0.15, 0.2) is 47.5 Å². The van der Waals surface area contributed by atoms with Crippen molar-refractivity contribution in [2.24, 2.45) is 4.99 Å². The monoisotopic (exact) mass is 446 g/mol. The van der Waals surface area contributed by atoms with E-state index in [1.807, 2.05) is 32.2 Å². The van der Waals surface area contributed by atoms with E-state index in [1.54, 1.807) is 38.5 Å². The zero-order valence-corrected chi connectivity index (χ0v) is 19.3. The Labute approximate surface area is 189 Å². The molecular formula is C23H31ClN4O3. The smallest absolute Gasteiger partial charge is 0.252 e. The minimum atomic E-state index is -0.201. The summed E-state index contributed by atoms with van der Waals surface area (Å²) in [5.41, 5.74) is 1.61. The third-order valence-electron chi connectivity index (χ3n) is 4.66. The maximum Gasteiger partial charge on any atom is 0.252 e. The summed E-state index contributed by atoms with van der Waals surface area (Å²) in [6.07, 6.45) is 0.824. The molecule has 0 aliphatic carbocycles. The lowest BCUT2D eigenvalue weighted by Gasteiger charge is -2.22. The number of methoxy groups -OCH3 is 2. The molecule has 0 atom stereocenters. The van der Waals surface area contributed by atoms with E-state index in [9.17, 15) is 4.79 Å². The third kappa shape index (κ3) is 7.36. The van der Waals surface area contributed by atoms with Crippen molar-refractivity contribution in [3.05, 3.63) is 58.6 Å². The molecule has 31 heavy (non-hydrogen) atoms.